The topological polar surface area (TPSA) is 41.6 Å². The number of carbonyl (C=O) groups is 1. The molecule has 0 aromatic heterocycles. The van der Waals surface area contributed by atoms with E-state index in [0.29, 0.717) is 12.6 Å². The number of fused-ring (bicyclic) bond motifs is 1. The average Bonchev–Trinajstić information content (AvgIpc) is 3.22. The zero-order valence-electron chi connectivity index (χ0n) is 15.4. The number of hydrogen-bond acceptors (Lipinski definition) is 3. The first-order chi connectivity index (χ1) is 13.2. The molecule has 2 aromatic carbocycles. The van der Waals surface area contributed by atoms with E-state index in [1.54, 1.807) is 0 Å². The normalized spacial score (nSPS) is 28.1. The third-order valence-electron chi connectivity index (χ3n) is 6.53. The third-order valence-corrected chi connectivity index (χ3v) is 6.53. The summed E-state index contributed by atoms with van der Waals surface area (Å²) in [6.45, 7) is 5.31. The number of ether oxygens (including phenoxy) is 1. The lowest BCUT2D eigenvalue weighted by molar-refractivity contribution is 0.0817. The van der Waals surface area contributed by atoms with Gasteiger partial charge in [-0.1, -0.05) is 60.7 Å². The summed E-state index contributed by atoms with van der Waals surface area (Å²) in [5.74, 6) is 0. The van der Waals surface area contributed by atoms with Crippen molar-refractivity contribution in [2.75, 3.05) is 11.9 Å². The largest absolute Gasteiger partial charge is 0.445 e. The molecule has 1 N–H and O–H groups in total. The van der Waals surface area contributed by atoms with Gasteiger partial charge in [-0.2, -0.15) is 0 Å². The van der Waals surface area contributed by atoms with Gasteiger partial charge in [0, 0.05) is 23.7 Å². The highest BCUT2D eigenvalue weighted by molar-refractivity contribution is 5.72. The van der Waals surface area contributed by atoms with Crippen molar-refractivity contribution in [1.82, 2.24) is 4.90 Å². The molecule has 5 rings (SSSR count). The predicted molar refractivity (Wildman–Crippen MR) is 106 cm³/mol. The van der Waals surface area contributed by atoms with Crippen LogP contribution in [0.4, 0.5) is 10.5 Å². The van der Waals surface area contributed by atoms with E-state index >= 15 is 0 Å². The van der Waals surface area contributed by atoms with Gasteiger partial charge >= 0.3 is 6.09 Å². The highest BCUT2D eigenvalue weighted by atomic mass is 16.6. The summed E-state index contributed by atoms with van der Waals surface area (Å²) >= 11 is 0. The molecule has 4 heteroatoms. The number of anilines is 1. The van der Waals surface area contributed by atoms with Crippen LogP contribution >= 0.6 is 0 Å². The molecule has 1 amide bonds. The van der Waals surface area contributed by atoms with Crippen molar-refractivity contribution in [3.8, 4) is 0 Å². The molecule has 27 heavy (non-hydrogen) atoms. The van der Waals surface area contributed by atoms with Crippen molar-refractivity contribution < 1.29 is 9.53 Å². The van der Waals surface area contributed by atoms with Crippen LogP contribution < -0.4 is 5.32 Å². The number of amides is 1. The first kappa shape index (κ1) is 16.4. The lowest BCUT2D eigenvalue weighted by atomic mass is 9.64. The van der Waals surface area contributed by atoms with Crippen molar-refractivity contribution >= 4 is 11.8 Å². The van der Waals surface area contributed by atoms with Gasteiger partial charge in [0.15, 0.2) is 0 Å². The van der Waals surface area contributed by atoms with Crippen LogP contribution in [0.2, 0.25) is 0 Å². The number of rotatable bonds is 2. The van der Waals surface area contributed by atoms with Crippen LogP contribution in [0.15, 0.2) is 66.7 Å². The molecule has 1 aliphatic carbocycles. The fraction of sp³-hybridized carbons (Fsp3) is 0.348. The molecular formula is C23H24N2O2. The molecule has 138 valence electrons. The van der Waals surface area contributed by atoms with E-state index < -0.39 is 0 Å². The fourth-order valence-electron chi connectivity index (χ4n) is 5.34. The SMILES string of the molecule is C=C1C[C@@H]2Nc3ccccc3[C@@]23CCN(C(=O)OCc2ccccc2)[C@@H]3C1. The van der Waals surface area contributed by atoms with Crippen molar-refractivity contribution in [3.05, 3.63) is 77.9 Å². The van der Waals surface area contributed by atoms with Gasteiger partial charge in [-0.05, 0) is 36.5 Å². The molecule has 3 atom stereocenters. The Morgan fingerprint density at radius 3 is 2.78 bits per heavy atom. The van der Waals surface area contributed by atoms with Gasteiger partial charge in [-0.25, -0.2) is 4.79 Å². The molecular weight excluding hydrogens is 336 g/mol. The Morgan fingerprint density at radius 2 is 1.93 bits per heavy atom. The summed E-state index contributed by atoms with van der Waals surface area (Å²) in [4.78, 5) is 14.9. The second-order valence-electron chi connectivity index (χ2n) is 7.94. The molecule has 2 aliphatic heterocycles. The Balaban J connectivity index is 1.42. The van der Waals surface area contributed by atoms with Gasteiger partial charge in [0.25, 0.3) is 0 Å². The second-order valence-corrected chi connectivity index (χ2v) is 7.94. The summed E-state index contributed by atoms with van der Waals surface area (Å²) in [7, 11) is 0. The molecule has 2 aromatic rings. The number of nitrogens with zero attached hydrogens (tertiary/aromatic N) is 1. The van der Waals surface area contributed by atoms with E-state index in [2.05, 4.69) is 36.2 Å². The van der Waals surface area contributed by atoms with Gasteiger partial charge in [-0.3, -0.25) is 0 Å². The Bertz CT molecular complexity index is 894. The number of carbonyl (C=O) groups excluding carboxylic acids is 1. The summed E-state index contributed by atoms with van der Waals surface area (Å²) in [6.07, 6.45) is 2.59. The fourth-order valence-corrected chi connectivity index (χ4v) is 5.34. The maximum atomic E-state index is 12.9. The number of benzene rings is 2. The predicted octanol–water partition coefficient (Wildman–Crippen LogP) is 4.48. The van der Waals surface area contributed by atoms with E-state index in [-0.39, 0.29) is 17.6 Å². The standard InChI is InChI=1S/C23H24N2O2/c1-16-13-20-23(18-9-5-6-10-19(18)24-20)11-12-25(21(23)14-16)22(26)27-15-17-7-3-2-4-8-17/h2-10,20-21,24H,1,11-15H2/t20-,21+,23-/m0/s1. The van der Waals surface area contributed by atoms with Crippen LogP contribution in [0.3, 0.4) is 0 Å². The van der Waals surface area contributed by atoms with Gasteiger partial charge in [0.1, 0.15) is 6.61 Å². The molecule has 3 aliphatic rings. The summed E-state index contributed by atoms with van der Waals surface area (Å²) in [5, 5.41) is 3.71. The summed E-state index contributed by atoms with van der Waals surface area (Å²) < 4.78 is 5.67. The molecule has 1 saturated heterocycles. The van der Waals surface area contributed by atoms with E-state index in [4.69, 9.17) is 4.74 Å². The molecule has 1 spiro atoms. The highest BCUT2D eigenvalue weighted by Gasteiger charge is 2.60. The van der Waals surface area contributed by atoms with Crippen molar-refractivity contribution in [1.29, 1.82) is 0 Å². The van der Waals surface area contributed by atoms with Crippen LogP contribution in [0.1, 0.15) is 30.4 Å². The van der Waals surface area contributed by atoms with E-state index in [1.807, 2.05) is 35.2 Å². The van der Waals surface area contributed by atoms with E-state index in [9.17, 15) is 4.79 Å². The van der Waals surface area contributed by atoms with Crippen LogP contribution in [0.5, 0.6) is 0 Å². The molecule has 0 bridgehead atoms. The van der Waals surface area contributed by atoms with Crippen molar-refractivity contribution in [2.45, 2.75) is 43.4 Å². The van der Waals surface area contributed by atoms with Gasteiger partial charge < -0.3 is 15.0 Å². The third kappa shape index (κ3) is 2.47. The Morgan fingerprint density at radius 1 is 1.15 bits per heavy atom. The van der Waals surface area contributed by atoms with Gasteiger partial charge in [0.05, 0.1) is 6.04 Å². The quantitative estimate of drug-likeness (QED) is 0.803. The minimum absolute atomic E-state index is 0.0243. The van der Waals surface area contributed by atoms with Crippen LogP contribution in [0, 0.1) is 0 Å². The first-order valence-electron chi connectivity index (χ1n) is 9.68. The summed E-state index contributed by atoms with van der Waals surface area (Å²) in [6, 6.07) is 18.8. The molecule has 0 radical (unpaired) electrons. The van der Waals surface area contributed by atoms with Crippen molar-refractivity contribution in [2.24, 2.45) is 0 Å². The highest BCUT2D eigenvalue weighted by Crippen LogP contribution is 2.56. The van der Waals surface area contributed by atoms with Crippen LogP contribution in [-0.2, 0) is 16.8 Å². The van der Waals surface area contributed by atoms with E-state index in [1.165, 1.54) is 16.8 Å². The Kier molecular flexibility index (Phi) is 3.74. The lowest BCUT2D eigenvalue weighted by Gasteiger charge is -2.44. The van der Waals surface area contributed by atoms with Crippen LogP contribution in [-0.4, -0.2) is 29.6 Å². The zero-order valence-corrected chi connectivity index (χ0v) is 15.4. The molecule has 2 heterocycles. The number of para-hydroxylation sites is 1. The van der Waals surface area contributed by atoms with Gasteiger partial charge in [-0.15, -0.1) is 0 Å². The smallest absolute Gasteiger partial charge is 0.410 e. The maximum absolute atomic E-state index is 12.9. The minimum atomic E-state index is -0.210. The van der Waals surface area contributed by atoms with Crippen molar-refractivity contribution in [3.63, 3.8) is 0 Å². The number of hydrogen-bond donors (Lipinski definition) is 1. The lowest BCUT2D eigenvalue weighted by Crippen LogP contribution is -2.53. The molecule has 0 unspecified atom stereocenters. The molecule has 2 fully saturated rings. The molecule has 4 nitrogen and oxygen atoms in total. The average molecular weight is 360 g/mol. The number of likely N-dealkylation sites (tertiary alicyclic amines) is 1. The minimum Gasteiger partial charge on any atom is -0.445 e. The van der Waals surface area contributed by atoms with Crippen LogP contribution in [0.25, 0.3) is 0 Å². The number of nitrogens with one attached hydrogen (secondary N) is 1. The van der Waals surface area contributed by atoms with E-state index in [0.717, 1.165) is 31.4 Å². The van der Waals surface area contributed by atoms with Gasteiger partial charge in [0.2, 0.25) is 0 Å². The Labute approximate surface area is 159 Å². The maximum Gasteiger partial charge on any atom is 0.410 e. The summed E-state index contributed by atoms with van der Waals surface area (Å²) in [5.41, 5.74) is 4.76. The zero-order chi connectivity index (χ0) is 18.4. The Hall–Kier alpha value is -2.75. The second kappa shape index (κ2) is 6.15. The monoisotopic (exact) mass is 360 g/mol. The molecule has 1 saturated carbocycles. The first-order valence-corrected chi connectivity index (χ1v) is 9.68.